The van der Waals surface area contributed by atoms with Gasteiger partial charge in [-0.15, -0.1) is 0 Å². The molecule has 0 radical (unpaired) electrons. The number of hydrogen-bond donors (Lipinski definition) is 2. The van der Waals surface area contributed by atoms with Crippen LogP contribution in [0.25, 0.3) is 0 Å². The molecule has 2 rings (SSSR count). The van der Waals surface area contributed by atoms with E-state index in [1.54, 1.807) is 18.9 Å². The third-order valence-electron chi connectivity index (χ3n) is 4.27. The Morgan fingerprint density at radius 2 is 2.00 bits per heavy atom. The maximum atomic E-state index is 12.3. The van der Waals surface area contributed by atoms with E-state index in [0.717, 1.165) is 37.2 Å². The maximum Gasteiger partial charge on any atom is 0.251 e. The molecule has 1 amide bonds. The zero-order chi connectivity index (χ0) is 15.8. The van der Waals surface area contributed by atoms with Crippen molar-refractivity contribution in [3.63, 3.8) is 0 Å². The maximum absolute atomic E-state index is 12.3. The molecule has 0 spiro atoms. The number of ether oxygens (including phenoxy) is 1. The summed E-state index contributed by atoms with van der Waals surface area (Å²) in [4.78, 5) is 12.3. The number of amides is 1. The lowest BCUT2D eigenvalue weighted by molar-refractivity contribution is 0.0512. The van der Waals surface area contributed by atoms with E-state index < -0.39 is 0 Å². The molecule has 22 heavy (non-hydrogen) atoms. The average molecular weight is 322 g/mol. The average Bonchev–Trinajstić information content (AvgIpc) is 2.55. The van der Waals surface area contributed by atoms with Crippen LogP contribution in [-0.4, -0.2) is 45.5 Å². The molecule has 1 heterocycles. The zero-order valence-corrected chi connectivity index (χ0v) is 14.3. The molecule has 0 aromatic heterocycles. The fourth-order valence-corrected chi connectivity index (χ4v) is 3.45. The number of carbonyl (C=O) groups excluding carboxylic acids is 1. The van der Waals surface area contributed by atoms with Crippen LogP contribution in [-0.2, 0) is 10.5 Å². The third-order valence-corrected chi connectivity index (χ3v) is 4.89. The summed E-state index contributed by atoms with van der Waals surface area (Å²) in [5, 5.41) is 6.46. The first-order chi connectivity index (χ1) is 10.7. The van der Waals surface area contributed by atoms with Crippen LogP contribution in [0.2, 0.25) is 0 Å². The Morgan fingerprint density at radius 1 is 1.32 bits per heavy atom. The summed E-state index contributed by atoms with van der Waals surface area (Å²) in [6, 6.07) is 7.88. The summed E-state index contributed by atoms with van der Waals surface area (Å²) in [6.45, 7) is 3.35. The van der Waals surface area contributed by atoms with E-state index in [1.807, 2.05) is 24.3 Å². The van der Waals surface area contributed by atoms with Gasteiger partial charge in [0.25, 0.3) is 5.91 Å². The molecule has 0 bridgehead atoms. The molecule has 2 N–H and O–H groups in total. The Hall–Kier alpha value is -1.04. The van der Waals surface area contributed by atoms with E-state index in [0.29, 0.717) is 13.2 Å². The van der Waals surface area contributed by atoms with Crippen molar-refractivity contribution in [1.29, 1.82) is 0 Å². The van der Waals surface area contributed by atoms with E-state index >= 15 is 0 Å². The minimum Gasteiger partial charge on any atom is -0.384 e. The predicted octanol–water partition coefficient (Wildman–Crippen LogP) is 2.30. The number of benzene rings is 1. The number of rotatable bonds is 7. The molecule has 0 unspecified atom stereocenters. The fraction of sp³-hybridized carbons (Fsp3) is 0.588. The molecule has 0 atom stereocenters. The van der Waals surface area contributed by atoms with Crippen molar-refractivity contribution in [2.45, 2.75) is 18.6 Å². The van der Waals surface area contributed by atoms with Gasteiger partial charge in [0.2, 0.25) is 0 Å². The first-order valence-electron chi connectivity index (χ1n) is 7.75. The molecular weight excluding hydrogens is 296 g/mol. The van der Waals surface area contributed by atoms with Crippen molar-refractivity contribution in [3.05, 3.63) is 35.4 Å². The summed E-state index contributed by atoms with van der Waals surface area (Å²) in [7, 11) is 1.73. The van der Waals surface area contributed by atoms with Crippen molar-refractivity contribution in [2.75, 3.05) is 39.6 Å². The van der Waals surface area contributed by atoms with Gasteiger partial charge in [0.05, 0.1) is 6.61 Å². The molecule has 1 aliphatic heterocycles. The number of hydrogen-bond acceptors (Lipinski definition) is 4. The van der Waals surface area contributed by atoms with Gasteiger partial charge in [0, 0.05) is 30.4 Å². The minimum atomic E-state index is 0.00436. The van der Waals surface area contributed by atoms with Gasteiger partial charge in [0.1, 0.15) is 0 Å². The largest absolute Gasteiger partial charge is 0.384 e. The van der Waals surface area contributed by atoms with Crippen LogP contribution >= 0.6 is 11.8 Å². The van der Waals surface area contributed by atoms with Crippen molar-refractivity contribution in [2.24, 2.45) is 5.41 Å². The fourth-order valence-electron chi connectivity index (χ4n) is 2.92. The molecule has 1 aromatic rings. The van der Waals surface area contributed by atoms with Gasteiger partial charge in [-0.2, -0.15) is 11.8 Å². The lowest BCUT2D eigenvalue weighted by Crippen LogP contribution is -2.47. The molecule has 122 valence electrons. The number of thioether (sulfide) groups is 1. The van der Waals surface area contributed by atoms with Crippen LogP contribution < -0.4 is 10.6 Å². The summed E-state index contributed by atoms with van der Waals surface area (Å²) in [6.07, 6.45) is 4.15. The molecule has 4 nitrogen and oxygen atoms in total. The highest BCUT2D eigenvalue weighted by atomic mass is 32.2. The molecule has 5 heteroatoms. The van der Waals surface area contributed by atoms with Crippen LogP contribution in [0.5, 0.6) is 0 Å². The normalized spacial score (nSPS) is 17.2. The van der Waals surface area contributed by atoms with E-state index in [1.165, 1.54) is 5.56 Å². The van der Waals surface area contributed by atoms with Gasteiger partial charge in [0.15, 0.2) is 0 Å². The second-order valence-electron chi connectivity index (χ2n) is 6.00. The number of nitrogens with one attached hydrogen (secondary N) is 2. The molecule has 1 saturated heterocycles. The van der Waals surface area contributed by atoms with E-state index in [9.17, 15) is 4.79 Å². The lowest BCUT2D eigenvalue weighted by atomic mass is 9.79. The Balaban J connectivity index is 1.92. The lowest BCUT2D eigenvalue weighted by Gasteiger charge is -2.37. The highest BCUT2D eigenvalue weighted by Gasteiger charge is 2.32. The molecular formula is C17H26N2O2S. The molecule has 1 aromatic carbocycles. The van der Waals surface area contributed by atoms with Crippen molar-refractivity contribution in [1.82, 2.24) is 10.6 Å². The predicted molar refractivity (Wildman–Crippen MR) is 92.4 cm³/mol. The van der Waals surface area contributed by atoms with E-state index in [-0.39, 0.29) is 11.3 Å². The Bertz CT molecular complexity index is 465. The standard InChI is InChI=1S/C17H26N2O2S/c1-21-13-17(7-9-18-10-8-17)12-19-16(20)15-5-3-14(4-6-15)11-22-2/h3-6,18H,7-13H2,1-2H3,(H,19,20). The Morgan fingerprint density at radius 3 is 2.59 bits per heavy atom. The van der Waals surface area contributed by atoms with E-state index in [4.69, 9.17) is 4.74 Å². The van der Waals surface area contributed by atoms with E-state index in [2.05, 4.69) is 16.9 Å². The summed E-state index contributed by atoms with van der Waals surface area (Å²) in [5.74, 6) is 0.982. The number of carbonyl (C=O) groups is 1. The smallest absolute Gasteiger partial charge is 0.251 e. The van der Waals surface area contributed by atoms with Crippen molar-refractivity contribution < 1.29 is 9.53 Å². The van der Waals surface area contributed by atoms with Crippen molar-refractivity contribution in [3.8, 4) is 0 Å². The Kier molecular flexibility index (Phi) is 6.73. The minimum absolute atomic E-state index is 0.00436. The van der Waals surface area contributed by atoms with Crippen LogP contribution in [0.4, 0.5) is 0 Å². The van der Waals surface area contributed by atoms with Crippen LogP contribution in [0, 0.1) is 5.41 Å². The van der Waals surface area contributed by atoms with Gasteiger partial charge >= 0.3 is 0 Å². The van der Waals surface area contributed by atoms with Crippen LogP contribution in [0.15, 0.2) is 24.3 Å². The summed E-state index contributed by atoms with van der Waals surface area (Å²) < 4.78 is 5.38. The quantitative estimate of drug-likeness (QED) is 0.809. The Labute approximate surface area is 137 Å². The number of piperidine rings is 1. The molecule has 0 aliphatic carbocycles. The summed E-state index contributed by atoms with van der Waals surface area (Å²) >= 11 is 1.78. The van der Waals surface area contributed by atoms with Gasteiger partial charge in [-0.3, -0.25) is 4.79 Å². The highest BCUT2D eigenvalue weighted by Crippen LogP contribution is 2.28. The van der Waals surface area contributed by atoms with Gasteiger partial charge in [-0.05, 0) is 49.9 Å². The van der Waals surface area contributed by atoms with Crippen LogP contribution in [0.3, 0.4) is 0 Å². The molecule has 1 aliphatic rings. The third kappa shape index (κ3) is 4.73. The van der Waals surface area contributed by atoms with Gasteiger partial charge in [-0.25, -0.2) is 0 Å². The highest BCUT2D eigenvalue weighted by molar-refractivity contribution is 7.97. The monoisotopic (exact) mass is 322 g/mol. The number of methoxy groups -OCH3 is 1. The van der Waals surface area contributed by atoms with Gasteiger partial charge < -0.3 is 15.4 Å². The second kappa shape index (κ2) is 8.56. The first-order valence-corrected chi connectivity index (χ1v) is 9.14. The topological polar surface area (TPSA) is 50.4 Å². The second-order valence-corrected chi connectivity index (χ2v) is 6.86. The zero-order valence-electron chi connectivity index (χ0n) is 13.5. The molecule has 1 fully saturated rings. The SMILES string of the molecule is COCC1(CNC(=O)c2ccc(CSC)cc2)CCNCC1. The first kappa shape index (κ1) is 17.3. The van der Waals surface area contributed by atoms with Crippen molar-refractivity contribution >= 4 is 17.7 Å². The molecule has 0 saturated carbocycles. The van der Waals surface area contributed by atoms with Crippen LogP contribution in [0.1, 0.15) is 28.8 Å². The van der Waals surface area contributed by atoms with Gasteiger partial charge in [-0.1, -0.05) is 12.1 Å². The summed E-state index contributed by atoms with van der Waals surface area (Å²) in [5.41, 5.74) is 2.04.